The number of ketones is 2. The van der Waals surface area contributed by atoms with Crippen molar-refractivity contribution in [3.05, 3.63) is 92.9 Å². The summed E-state index contributed by atoms with van der Waals surface area (Å²) in [6, 6.07) is 15.5. The zero-order valence-electron chi connectivity index (χ0n) is 16.6. The molecule has 2 aromatic carbocycles. The summed E-state index contributed by atoms with van der Waals surface area (Å²) < 4.78 is 0. The number of thioether (sulfide) groups is 1. The molecule has 0 bridgehead atoms. The molecule has 32 heavy (non-hydrogen) atoms. The number of hydrogen-bond acceptors (Lipinski definition) is 7. The maximum Gasteiger partial charge on any atom is 0.234 e. The molecule has 0 aliphatic heterocycles. The second kappa shape index (κ2) is 8.52. The predicted octanol–water partition coefficient (Wildman–Crippen LogP) is 3.96. The zero-order chi connectivity index (χ0) is 22.1. The molecule has 1 amide bonds. The van der Waals surface area contributed by atoms with E-state index in [0.29, 0.717) is 39.5 Å². The summed E-state index contributed by atoms with van der Waals surface area (Å²) in [5.41, 5.74) is 1.89. The number of fused-ring (bicyclic) bond motifs is 2. The van der Waals surface area contributed by atoms with E-state index in [1.807, 2.05) is 17.5 Å². The number of nitrogens with one attached hydrogen (secondary N) is 2. The van der Waals surface area contributed by atoms with Crippen LogP contribution in [0.25, 0.3) is 0 Å². The van der Waals surface area contributed by atoms with Crippen LogP contribution in [0.15, 0.2) is 65.1 Å². The second-order valence-electron chi connectivity index (χ2n) is 7.12. The Morgan fingerprint density at radius 2 is 1.72 bits per heavy atom. The molecule has 0 atom stereocenters. The van der Waals surface area contributed by atoms with Gasteiger partial charge in [-0.3, -0.25) is 19.5 Å². The molecule has 0 radical (unpaired) electrons. The van der Waals surface area contributed by atoms with Crippen molar-refractivity contribution in [3.8, 4) is 0 Å². The number of aromatic nitrogens is 3. The Bertz CT molecular complexity index is 1350. The Balaban J connectivity index is 1.23. The number of nitrogens with zero attached hydrogens (tertiary/aromatic N) is 2. The number of rotatable bonds is 6. The van der Waals surface area contributed by atoms with Crippen LogP contribution in [0.5, 0.6) is 0 Å². The van der Waals surface area contributed by atoms with Gasteiger partial charge in [0.2, 0.25) is 11.1 Å². The van der Waals surface area contributed by atoms with Crippen LogP contribution in [0.4, 0.5) is 5.69 Å². The first-order valence-corrected chi connectivity index (χ1v) is 11.6. The van der Waals surface area contributed by atoms with Crippen LogP contribution in [-0.2, 0) is 11.2 Å². The summed E-state index contributed by atoms with van der Waals surface area (Å²) in [7, 11) is 0. The number of hydrogen-bond donors (Lipinski definition) is 2. The number of benzene rings is 2. The van der Waals surface area contributed by atoms with Crippen molar-refractivity contribution in [1.29, 1.82) is 0 Å². The highest BCUT2D eigenvalue weighted by Gasteiger charge is 2.29. The molecule has 0 saturated heterocycles. The average Bonchev–Trinajstić information content (AvgIpc) is 3.48. The van der Waals surface area contributed by atoms with Crippen molar-refractivity contribution in [2.45, 2.75) is 11.6 Å². The van der Waals surface area contributed by atoms with E-state index in [2.05, 4.69) is 20.5 Å². The minimum Gasteiger partial charge on any atom is -0.325 e. The van der Waals surface area contributed by atoms with E-state index in [1.165, 1.54) is 16.6 Å². The Morgan fingerprint density at radius 3 is 2.47 bits per heavy atom. The first kappa shape index (κ1) is 20.3. The standard InChI is InChI=1S/C23H16N4O3S2/c28-20(12-32-23-25-19(26-27-23)11-14-4-3-9-31-14)24-13-7-8-17-18(10-13)22(30)16-6-2-1-5-15(16)21(17)29/h1-10H,11-12H2,(H,24,28)(H,25,26,27). The summed E-state index contributed by atoms with van der Waals surface area (Å²) in [5.74, 6) is 0.192. The molecule has 158 valence electrons. The van der Waals surface area contributed by atoms with Gasteiger partial charge in [0, 0.05) is 39.2 Å². The summed E-state index contributed by atoms with van der Waals surface area (Å²) >= 11 is 2.87. The summed E-state index contributed by atoms with van der Waals surface area (Å²) in [6.07, 6.45) is 0.669. The first-order valence-electron chi connectivity index (χ1n) is 9.77. The van der Waals surface area contributed by atoms with E-state index >= 15 is 0 Å². The fourth-order valence-corrected chi connectivity index (χ4v) is 4.83. The van der Waals surface area contributed by atoms with Crippen molar-refractivity contribution < 1.29 is 14.4 Å². The molecule has 2 aromatic heterocycles. The molecule has 0 unspecified atom stereocenters. The number of aromatic amines is 1. The third-order valence-corrected chi connectivity index (χ3v) is 6.70. The number of carbonyl (C=O) groups is 3. The number of thiophene rings is 1. The molecule has 7 nitrogen and oxygen atoms in total. The fraction of sp³-hybridized carbons (Fsp3) is 0.0870. The molecule has 2 N–H and O–H groups in total. The maximum atomic E-state index is 12.8. The molecule has 0 spiro atoms. The van der Waals surface area contributed by atoms with Crippen LogP contribution >= 0.6 is 23.1 Å². The minimum absolute atomic E-state index is 0.114. The van der Waals surface area contributed by atoms with Crippen molar-refractivity contribution in [2.75, 3.05) is 11.1 Å². The largest absolute Gasteiger partial charge is 0.325 e. The normalized spacial score (nSPS) is 12.4. The van der Waals surface area contributed by atoms with Crippen molar-refractivity contribution in [1.82, 2.24) is 15.2 Å². The van der Waals surface area contributed by atoms with Crippen molar-refractivity contribution in [2.24, 2.45) is 0 Å². The van der Waals surface area contributed by atoms with Gasteiger partial charge in [-0.25, -0.2) is 4.98 Å². The van der Waals surface area contributed by atoms with Gasteiger partial charge in [0.1, 0.15) is 5.82 Å². The molecule has 2 heterocycles. The molecule has 4 aromatic rings. The van der Waals surface area contributed by atoms with E-state index in [4.69, 9.17) is 0 Å². The summed E-state index contributed by atoms with van der Waals surface area (Å²) in [6.45, 7) is 0. The lowest BCUT2D eigenvalue weighted by molar-refractivity contribution is -0.113. The van der Waals surface area contributed by atoms with E-state index in [9.17, 15) is 14.4 Å². The quantitative estimate of drug-likeness (QED) is 0.372. The Kier molecular flexibility index (Phi) is 5.42. The van der Waals surface area contributed by atoms with Gasteiger partial charge in [-0.2, -0.15) is 0 Å². The van der Waals surface area contributed by atoms with E-state index < -0.39 is 0 Å². The predicted molar refractivity (Wildman–Crippen MR) is 123 cm³/mol. The molecule has 1 aliphatic rings. The van der Waals surface area contributed by atoms with Gasteiger partial charge in [0.05, 0.1) is 5.75 Å². The van der Waals surface area contributed by atoms with Gasteiger partial charge < -0.3 is 5.32 Å². The molecule has 0 saturated carbocycles. The van der Waals surface area contributed by atoms with Gasteiger partial charge in [-0.05, 0) is 29.6 Å². The maximum absolute atomic E-state index is 12.8. The second-order valence-corrected chi connectivity index (χ2v) is 9.10. The van der Waals surface area contributed by atoms with E-state index in [1.54, 1.807) is 53.8 Å². The number of anilines is 1. The summed E-state index contributed by atoms with van der Waals surface area (Å²) in [5, 5.41) is 12.3. The lowest BCUT2D eigenvalue weighted by atomic mass is 9.84. The fourth-order valence-electron chi connectivity index (χ4n) is 3.50. The molecule has 1 aliphatic carbocycles. The molecule has 5 rings (SSSR count). The smallest absolute Gasteiger partial charge is 0.234 e. The Morgan fingerprint density at radius 1 is 0.969 bits per heavy atom. The monoisotopic (exact) mass is 460 g/mol. The molecule has 9 heteroatoms. The van der Waals surface area contributed by atoms with Gasteiger partial charge in [0.25, 0.3) is 0 Å². The highest BCUT2D eigenvalue weighted by Crippen LogP contribution is 2.29. The highest BCUT2D eigenvalue weighted by molar-refractivity contribution is 7.99. The highest BCUT2D eigenvalue weighted by atomic mass is 32.2. The van der Waals surface area contributed by atoms with Gasteiger partial charge in [0.15, 0.2) is 11.6 Å². The van der Waals surface area contributed by atoms with E-state index in [-0.39, 0.29) is 23.2 Å². The lowest BCUT2D eigenvalue weighted by Gasteiger charge is -2.18. The van der Waals surface area contributed by atoms with Crippen LogP contribution < -0.4 is 5.32 Å². The van der Waals surface area contributed by atoms with Crippen LogP contribution in [0, 0.1) is 0 Å². The van der Waals surface area contributed by atoms with Gasteiger partial charge in [-0.1, -0.05) is 42.1 Å². The Labute approximate surface area is 191 Å². The number of H-pyrrole nitrogens is 1. The third kappa shape index (κ3) is 4.00. The minimum atomic E-state index is -0.255. The summed E-state index contributed by atoms with van der Waals surface area (Å²) in [4.78, 5) is 43.5. The molecule has 0 fully saturated rings. The third-order valence-electron chi connectivity index (χ3n) is 4.97. The Hall–Kier alpha value is -3.56. The van der Waals surface area contributed by atoms with E-state index in [0.717, 1.165) is 5.82 Å². The van der Waals surface area contributed by atoms with Crippen LogP contribution in [0.2, 0.25) is 0 Å². The van der Waals surface area contributed by atoms with Crippen LogP contribution in [0.3, 0.4) is 0 Å². The first-order chi connectivity index (χ1) is 15.6. The SMILES string of the molecule is O=C(CSc1n[nH]c(Cc2cccs2)n1)Nc1ccc2c(c1)C(=O)c1ccccc1C2=O. The van der Waals surface area contributed by atoms with Gasteiger partial charge >= 0.3 is 0 Å². The average molecular weight is 461 g/mol. The van der Waals surface area contributed by atoms with Crippen LogP contribution in [-0.4, -0.2) is 38.4 Å². The molecular weight excluding hydrogens is 444 g/mol. The molecular formula is C23H16N4O3S2. The van der Waals surface area contributed by atoms with Gasteiger partial charge in [-0.15, -0.1) is 16.4 Å². The number of amides is 1. The van der Waals surface area contributed by atoms with Crippen LogP contribution in [0.1, 0.15) is 42.5 Å². The van der Waals surface area contributed by atoms with Crippen molar-refractivity contribution in [3.63, 3.8) is 0 Å². The zero-order valence-corrected chi connectivity index (χ0v) is 18.3. The lowest BCUT2D eigenvalue weighted by Crippen LogP contribution is -2.21. The van der Waals surface area contributed by atoms with Crippen molar-refractivity contribution >= 4 is 46.3 Å². The topological polar surface area (TPSA) is 105 Å². The number of carbonyl (C=O) groups excluding carboxylic acids is 3.